The second-order valence-corrected chi connectivity index (χ2v) is 6.54. The maximum absolute atomic E-state index is 10.8. The monoisotopic (exact) mass is 304 g/mol. The first-order valence-corrected chi connectivity index (χ1v) is 8.18. The maximum atomic E-state index is 10.8. The van der Waals surface area contributed by atoms with Crippen molar-refractivity contribution in [3.8, 4) is 0 Å². The SMILES string of the molecule is Cc1cc([N+](=O)[O-])cnc1N1CCC(N2CCCC2C)CC1. The molecule has 0 spiro atoms. The largest absolute Gasteiger partial charge is 0.356 e. The number of hydrogen-bond donors (Lipinski definition) is 0. The Morgan fingerprint density at radius 1 is 1.27 bits per heavy atom. The molecule has 22 heavy (non-hydrogen) atoms. The molecule has 2 aliphatic rings. The van der Waals surface area contributed by atoms with E-state index in [0.29, 0.717) is 6.04 Å². The molecule has 3 heterocycles. The molecule has 1 aromatic rings. The number of piperidine rings is 1. The van der Waals surface area contributed by atoms with Crippen molar-refractivity contribution in [1.82, 2.24) is 9.88 Å². The van der Waals surface area contributed by atoms with E-state index in [4.69, 9.17) is 0 Å². The molecule has 6 heteroatoms. The summed E-state index contributed by atoms with van der Waals surface area (Å²) in [5, 5.41) is 10.8. The second-order valence-electron chi connectivity index (χ2n) is 6.54. The fourth-order valence-corrected chi connectivity index (χ4v) is 3.89. The van der Waals surface area contributed by atoms with E-state index in [0.717, 1.165) is 43.4 Å². The number of rotatable bonds is 3. The van der Waals surface area contributed by atoms with Crippen molar-refractivity contribution in [2.45, 2.75) is 51.6 Å². The molecule has 3 rings (SSSR count). The molecule has 0 aromatic carbocycles. The standard InChI is InChI=1S/C16H24N4O2/c1-12-10-15(20(21)22)11-17-16(12)18-8-5-14(6-9-18)19-7-3-4-13(19)2/h10-11,13-14H,3-9H2,1-2H3. The lowest BCUT2D eigenvalue weighted by atomic mass is 10.0. The van der Waals surface area contributed by atoms with Crippen molar-refractivity contribution in [1.29, 1.82) is 0 Å². The van der Waals surface area contributed by atoms with Crippen LogP contribution in [0.4, 0.5) is 11.5 Å². The molecule has 2 aliphatic heterocycles. The number of nitrogens with zero attached hydrogens (tertiary/aromatic N) is 4. The summed E-state index contributed by atoms with van der Waals surface area (Å²) in [6.07, 6.45) is 6.33. The summed E-state index contributed by atoms with van der Waals surface area (Å²) in [4.78, 5) is 19.7. The van der Waals surface area contributed by atoms with Crippen LogP contribution in [0.3, 0.4) is 0 Å². The normalized spacial score (nSPS) is 23.9. The van der Waals surface area contributed by atoms with Gasteiger partial charge in [0.25, 0.3) is 5.69 Å². The van der Waals surface area contributed by atoms with Gasteiger partial charge in [-0.1, -0.05) is 0 Å². The van der Waals surface area contributed by atoms with Gasteiger partial charge in [0.2, 0.25) is 0 Å². The molecular formula is C16H24N4O2. The lowest BCUT2D eigenvalue weighted by Gasteiger charge is -2.39. The van der Waals surface area contributed by atoms with Crippen LogP contribution in [0.15, 0.2) is 12.3 Å². The Hall–Kier alpha value is -1.69. The summed E-state index contributed by atoms with van der Waals surface area (Å²) in [7, 11) is 0. The number of aryl methyl sites for hydroxylation is 1. The van der Waals surface area contributed by atoms with Gasteiger partial charge in [-0.05, 0) is 51.6 Å². The van der Waals surface area contributed by atoms with Crippen molar-refractivity contribution >= 4 is 11.5 Å². The lowest BCUT2D eigenvalue weighted by molar-refractivity contribution is -0.385. The van der Waals surface area contributed by atoms with E-state index < -0.39 is 0 Å². The number of aromatic nitrogens is 1. The van der Waals surface area contributed by atoms with Crippen LogP contribution in [0.1, 0.15) is 38.2 Å². The average molecular weight is 304 g/mol. The number of anilines is 1. The first-order valence-electron chi connectivity index (χ1n) is 8.18. The Bertz CT molecular complexity index is 555. The highest BCUT2D eigenvalue weighted by atomic mass is 16.6. The second kappa shape index (κ2) is 6.20. The molecule has 0 radical (unpaired) electrons. The third-order valence-electron chi connectivity index (χ3n) is 5.08. The highest BCUT2D eigenvalue weighted by Crippen LogP contribution is 2.29. The van der Waals surface area contributed by atoms with Crippen LogP contribution in [0.5, 0.6) is 0 Å². The van der Waals surface area contributed by atoms with Crippen molar-refractivity contribution in [2.75, 3.05) is 24.5 Å². The van der Waals surface area contributed by atoms with Gasteiger partial charge in [0.15, 0.2) is 0 Å². The predicted octanol–water partition coefficient (Wildman–Crippen LogP) is 2.75. The molecule has 6 nitrogen and oxygen atoms in total. The van der Waals surface area contributed by atoms with E-state index >= 15 is 0 Å². The molecule has 1 unspecified atom stereocenters. The van der Waals surface area contributed by atoms with E-state index in [-0.39, 0.29) is 10.6 Å². The predicted molar refractivity (Wildman–Crippen MR) is 86.3 cm³/mol. The van der Waals surface area contributed by atoms with E-state index in [1.54, 1.807) is 6.07 Å². The van der Waals surface area contributed by atoms with Crippen molar-refractivity contribution in [3.63, 3.8) is 0 Å². The quantitative estimate of drug-likeness (QED) is 0.634. The van der Waals surface area contributed by atoms with E-state index in [9.17, 15) is 10.1 Å². The Labute approximate surface area is 131 Å². The van der Waals surface area contributed by atoms with Gasteiger partial charge >= 0.3 is 0 Å². The molecule has 0 N–H and O–H groups in total. The van der Waals surface area contributed by atoms with Crippen molar-refractivity contribution in [3.05, 3.63) is 27.9 Å². The topological polar surface area (TPSA) is 62.5 Å². The van der Waals surface area contributed by atoms with Gasteiger partial charge in [-0.2, -0.15) is 0 Å². The van der Waals surface area contributed by atoms with Gasteiger partial charge in [0, 0.05) is 31.2 Å². The van der Waals surface area contributed by atoms with Crippen LogP contribution < -0.4 is 4.90 Å². The number of hydrogen-bond acceptors (Lipinski definition) is 5. The zero-order valence-electron chi connectivity index (χ0n) is 13.4. The summed E-state index contributed by atoms with van der Waals surface area (Å²) in [5.41, 5.74) is 0.962. The molecule has 0 saturated carbocycles. The number of pyridine rings is 1. The molecule has 0 bridgehead atoms. The molecule has 2 fully saturated rings. The average Bonchev–Trinajstić information content (AvgIpc) is 2.93. The van der Waals surface area contributed by atoms with Gasteiger partial charge in [0.1, 0.15) is 12.0 Å². The van der Waals surface area contributed by atoms with Crippen LogP contribution in [0.25, 0.3) is 0 Å². The van der Waals surface area contributed by atoms with Crippen molar-refractivity contribution < 1.29 is 4.92 Å². The first kappa shape index (κ1) is 15.2. The third-order valence-corrected chi connectivity index (χ3v) is 5.08. The van der Waals surface area contributed by atoms with E-state index in [1.165, 1.54) is 25.6 Å². The Kier molecular flexibility index (Phi) is 4.29. The van der Waals surface area contributed by atoms with Crippen molar-refractivity contribution in [2.24, 2.45) is 0 Å². The highest BCUT2D eigenvalue weighted by molar-refractivity contribution is 5.50. The van der Waals surface area contributed by atoms with Crippen LogP contribution in [0, 0.1) is 17.0 Å². The fraction of sp³-hybridized carbons (Fsp3) is 0.688. The Morgan fingerprint density at radius 3 is 2.55 bits per heavy atom. The Balaban J connectivity index is 1.65. The summed E-state index contributed by atoms with van der Waals surface area (Å²) in [6.45, 7) is 7.45. The summed E-state index contributed by atoms with van der Waals surface area (Å²) in [6, 6.07) is 3.03. The van der Waals surface area contributed by atoms with Gasteiger partial charge in [-0.25, -0.2) is 4.98 Å². The molecule has 0 amide bonds. The molecule has 1 atom stereocenters. The molecule has 120 valence electrons. The highest BCUT2D eigenvalue weighted by Gasteiger charge is 2.31. The van der Waals surface area contributed by atoms with Gasteiger partial charge in [0.05, 0.1) is 4.92 Å². The molecule has 1 aromatic heterocycles. The zero-order chi connectivity index (χ0) is 15.7. The zero-order valence-corrected chi connectivity index (χ0v) is 13.4. The van der Waals surface area contributed by atoms with Crippen LogP contribution in [-0.2, 0) is 0 Å². The third kappa shape index (κ3) is 2.92. The van der Waals surface area contributed by atoms with Crippen LogP contribution >= 0.6 is 0 Å². The maximum Gasteiger partial charge on any atom is 0.287 e. The van der Waals surface area contributed by atoms with Gasteiger partial charge in [-0.15, -0.1) is 0 Å². The van der Waals surface area contributed by atoms with Crippen LogP contribution in [-0.4, -0.2) is 46.5 Å². The first-order chi connectivity index (χ1) is 10.6. The lowest BCUT2D eigenvalue weighted by Crippen LogP contribution is -2.46. The number of nitro groups is 1. The van der Waals surface area contributed by atoms with Gasteiger partial charge < -0.3 is 4.90 Å². The molecule has 0 aliphatic carbocycles. The Morgan fingerprint density at radius 2 is 2.00 bits per heavy atom. The van der Waals surface area contributed by atoms with E-state index in [2.05, 4.69) is 21.7 Å². The minimum Gasteiger partial charge on any atom is -0.356 e. The summed E-state index contributed by atoms with van der Waals surface area (Å²) >= 11 is 0. The van der Waals surface area contributed by atoms with Gasteiger partial charge in [-0.3, -0.25) is 15.0 Å². The van der Waals surface area contributed by atoms with Crippen LogP contribution in [0.2, 0.25) is 0 Å². The van der Waals surface area contributed by atoms with E-state index in [1.807, 2.05) is 6.92 Å². The minimum atomic E-state index is -0.384. The molecule has 2 saturated heterocycles. The fourth-order valence-electron chi connectivity index (χ4n) is 3.89. The summed E-state index contributed by atoms with van der Waals surface area (Å²) in [5.74, 6) is 0.901. The number of likely N-dealkylation sites (tertiary alicyclic amines) is 1. The minimum absolute atomic E-state index is 0.0713. The molecular weight excluding hydrogens is 280 g/mol. The smallest absolute Gasteiger partial charge is 0.287 e. The summed E-state index contributed by atoms with van der Waals surface area (Å²) < 4.78 is 0.